The number of carbonyl (C=O) groups excluding carboxylic acids is 1. The van der Waals surface area contributed by atoms with Crippen molar-refractivity contribution in [2.24, 2.45) is 28.1 Å². The molecule has 3 aromatic carbocycles. The number of amides is 1. The van der Waals surface area contributed by atoms with Crippen molar-refractivity contribution in [1.82, 2.24) is 9.80 Å². The van der Waals surface area contributed by atoms with Crippen LogP contribution in [0.5, 0.6) is 0 Å². The molecule has 0 spiro atoms. The van der Waals surface area contributed by atoms with Gasteiger partial charge >= 0.3 is 0 Å². The Morgan fingerprint density at radius 1 is 1.02 bits per heavy atom. The van der Waals surface area contributed by atoms with Crippen molar-refractivity contribution in [2.75, 3.05) is 32.7 Å². The number of carbonyl (C=O) groups is 1. The Kier molecular flexibility index (Phi) is 13.1. The van der Waals surface area contributed by atoms with Gasteiger partial charge in [0.25, 0.3) is 0 Å². The van der Waals surface area contributed by atoms with Crippen molar-refractivity contribution < 1.29 is 4.79 Å². The minimum Gasteiger partial charge on any atom is -0.370 e. The van der Waals surface area contributed by atoms with E-state index in [1.807, 2.05) is 30.0 Å². The summed E-state index contributed by atoms with van der Waals surface area (Å²) in [5, 5.41) is 3.17. The van der Waals surface area contributed by atoms with Gasteiger partial charge in [0, 0.05) is 43.8 Å². The predicted molar refractivity (Wildman–Crippen MR) is 178 cm³/mol. The van der Waals surface area contributed by atoms with Crippen LogP contribution in [0.4, 0.5) is 0 Å². The summed E-state index contributed by atoms with van der Waals surface area (Å²) in [7, 11) is 0. The lowest BCUT2D eigenvalue weighted by Crippen LogP contribution is -2.59. The summed E-state index contributed by atoms with van der Waals surface area (Å²) in [6, 6.07) is 20.4. The number of guanidine groups is 1. The molecule has 228 valence electrons. The van der Waals surface area contributed by atoms with Crippen molar-refractivity contribution in [3.05, 3.63) is 82.4 Å². The number of benzene rings is 3. The van der Waals surface area contributed by atoms with Crippen LogP contribution in [0.25, 0.3) is 10.8 Å². The number of aryl methyl sites for hydroxylation is 1. The van der Waals surface area contributed by atoms with E-state index >= 15 is 0 Å². The Morgan fingerprint density at radius 2 is 1.74 bits per heavy atom. The normalized spacial score (nSPS) is 16.2. The fraction of sp³-hybridized carbons (Fsp3) is 0.471. The zero-order valence-corrected chi connectivity index (χ0v) is 26.5. The molecule has 0 saturated carbocycles. The summed E-state index contributed by atoms with van der Waals surface area (Å²) in [4.78, 5) is 22.1. The van der Waals surface area contributed by atoms with E-state index < -0.39 is 6.04 Å². The molecule has 8 heteroatoms. The molecular formula is C34H49ClN6O. The second kappa shape index (κ2) is 16.5. The third-order valence-corrected chi connectivity index (χ3v) is 7.69. The lowest BCUT2D eigenvalue weighted by molar-refractivity contribution is -0.137. The van der Waals surface area contributed by atoms with Gasteiger partial charge in [-0.25, -0.2) is 0 Å². The quantitative estimate of drug-likeness (QED) is 0.171. The molecule has 1 fully saturated rings. The maximum atomic E-state index is 13.5. The highest BCUT2D eigenvalue weighted by molar-refractivity contribution is 6.31. The van der Waals surface area contributed by atoms with Crippen molar-refractivity contribution >= 4 is 34.2 Å². The van der Waals surface area contributed by atoms with Crippen LogP contribution in [0.15, 0.2) is 65.7 Å². The number of fused-ring (bicyclic) bond motifs is 1. The summed E-state index contributed by atoms with van der Waals surface area (Å²) in [6.07, 6.45) is 2.99. The van der Waals surface area contributed by atoms with Crippen LogP contribution >= 0.6 is 11.6 Å². The fourth-order valence-corrected chi connectivity index (χ4v) is 5.54. The van der Waals surface area contributed by atoms with E-state index in [2.05, 4.69) is 73.1 Å². The maximum Gasteiger partial charge on any atom is 0.240 e. The Bertz CT molecular complexity index is 1320. The number of rotatable bonds is 10. The molecular weight excluding hydrogens is 544 g/mol. The van der Waals surface area contributed by atoms with Gasteiger partial charge in [-0.05, 0) is 72.1 Å². The standard InChI is InChI=1S/C30H39ClN6O.C4H10/c1-21-8-10-25(27(31)17-21)19-28(32)29(38)37-16-15-36(20-26(37)7-4-13-35-30(33)34)14-12-22-9-11-23-5-2-3-6-24(23)18-22;1-4(2)3/h2-3,5-6,8-11,17-18,26,28H,4,7,12-16,19-20,32H2,1H3,(H4,33,34,35);4H,1-3H3/t26?,28-;/m1./s1. The summed E-state index contributed by atoms with van der Waals surface area (Å²) in [5.41, 5.74) is 20.7. The molecule has 6 N–H and O–H groups in total. The van der Waals surface area contributed by atoms with Crippen LogP contribution in [0, 0.1) is 12.8 Å². The molecule has 1 amide bonds. The van der Waals surface area contributed by atoms with E-state index in [-0.39, 0.29) is 17.9 Å². The molecule has 1 aliphatic rings. The van der Waals surface area contributed by atoms with Gasteiger partial charge in [0.15, 0.2) is 5.96 Å². The second-order valence-electron chi connectivity index (χ2n) is 12.0. The van der Waals surface area contributed by atoms with E-state index in [1.165, 1.54) is 16.3 Å². The minimum absolute atomic E-state index is 0.0253. The highest BCUT2D eigenvalue weighted by atomic mass is 35.5. The number of nitrogens with two attached hydrogens (primary N) is 3. The lowest BCUT2D eigenvalue weighted by Gasteiger charge is -2.42. The zero-order valence-electron chi connectivity index (χ0n) is 25.7. The zero-order chi connectivity index (χ0) is 30.6. The molecule has 3 aromatic rings. The first kappa shape index (κ1) is 33.4. The SMILES string of the molecule is CC(C)C.Cc1ccc(C[C@@H](N)C(=O)N2CCN(CCc3ccc4ccccc4c3)CC2CCCN=C(N)N)c(Cl)c1. The highest BCUT2D eigenvalue weighted by Gasteiger charge is 2.32. The van der Waals surface area contributed by atoms with E-state index in [4.69, 9.17) is 28.8 Å². The van der Waals surface area contributed by atoms with E-state index in [1.54, 1.807) is 0 Å². The van der Waals surface area contributed by atoms with Crippen molar-refractivity contribution in [3.63, 3.8) is 0 Å². The average Bonchev–Trinajstić information content (AvgIpc) is 2.95. The number of halogens is 1. The first-order valence-electron chi connectivity index (χ1n) is 15.1. The van der Waals surface area contributed by atoms with E-state index in [0.717, 1.165) is 55.9 Å². The van der Waals surface area contributed by atoms with Gasteiger partial charge < -0.3 is 22.1 Å². The van der Waals surface area contributed by atoms with Gasteiger partial charge in [-0.15, -0.1) is 0 Å². The van der Waals surface area contributed by atoms with Crippen LogP contribution in [0.2, 0.25) is 5.02 Å². The summed E-state index contributed by atoms with van der Waals surface area (Å²) in [5.74, 6) is 0.901. The molecule has 4 rings (SSSR count). The van der Waals surface area contributed by atoms with Gasteiger partial charge in [-0.2, -0.15) is 0 Å². The van der Waals surface area contributed by atoms with Gasteiger partial charge in [0.1, 0.15) is 0 Å². The molecule has 1 heterocycles. The molecule has 0 bridgehead atoms. The van der Waals surface area contributed by atoms with E-state index in [0.29, 0.717) is 24.5 Å². The Hall–Kier alpha value is -3.13. The van der Waals surface area contributed by atoms with Crippen LogP contribution in [-0.2, 0) is 17.6 Å². The van der Waals surface area contributed by atoms with Crippen molar-refractivity contribution in [1.29, 1.82) is 0 Å². The maximum absolute atomic E-state index is 13.5. The third-order valence-electron chi connectivity index (χ3n) is 7.34. The molecule has 7 nitrogen and oxygen atoms in total. The minimum atomic E-state index is -0.639. The molecule has 0 radical (unpaired) electrons. The van der Waals surface area contributed by atoms with Gasteiger partial charge in [0.2, 0.25) is 5.91 Å². The summed E-state index contributed by atoms with van der Waals surface area (Å²) < 4.78 is 0. The van der Waals surface area contributed by atoms with Crippen molar-refractivity contribution in [2.45, 2.75) is 65.5 Å². The second-order valence-corrected chi connectivity index (χ2v) is 12.4. The first-order chi connectivity index (χ1) is 20.0. The number of hydrogen-bond acceptors (Lipinski definition) is 4. The molecule has 1 saturated heterocycles. The predicted octanol–water partition coefficient (Wildman–Crippen LogP) is 5.14. The Morgan fingerprint density at radius 3 is 2.43 bits per heavy atom. The molecule has 42 heavy (non-hydrogen) atoms. The molecule has 0 aliphatic carbocycles. The first-order valence-corrected chi connectivity index (χ1v) is 15.5. The van der Waals surface area contributed by atoms with Gasteiger partial charge in [-0.3, -0.25) is 14.7 Å². The van der Waals surface area contributed by atoms with Crippen LogP contribution < -0.4 is 17.2 Å². The molecule has 0 aromatic heterocycles. The van der Waals surface area contributed by atoms with Gasteiger partial charge in [0.05, 0.1) is 6.04 Å². The summed E-state index contributed by atoms with van der Waals surface area (Å²) >= 11 is 6.42. The van der Waals surface area contributed by atoms with E-state index in [9.17, 15) is 4.79 Å². The topological polar surface area (TPSA) is 114 Å². The van der Waals surface area contributed by atoms with Crippen LogP contribution in [0.3, 0.4) is 0 Å². The average molecular weight is 593 g/mol. The number of hydrogen-bond donors (Lipinski definition) is 3. The number of aliphatic imine (C=N–C) groups is 1. The third kappa shape index (κ3) is 10.6. The van der Waals surface area contributed by atoms with Crippen LogP contribution in [0.1, 0.15) is 50.3 Å². The molecule has 1 aliphatic heterocycles. The number of piperazine rings is 1. The monoisotopic (exact) mass is 592 g/mol. The Balaban J connectivity index is 0.00000114. The smallest absolute Gasteiger partial charge is 0.240 e. The Labute approximate surface area is 257 Å². The van der Waals surface area contributed by atoms with Crippen molar-refractivity contribution in [3.8, 4) is 0 Å². The summed E-state index contributed by atoms with van der Waals surface area (Å²) in [6.45, 7) is 12.3. The molecule has 2 atom stereocenters. The number of nitrogens with zero attached hydrogens (tertiary/aromatic N) is 3. The largest absolute Gasteiger partial charge is 0.370 e. The van der Waals surface area contributed by atoms with Gasteiger partial charge in [-0.1, -0.05) is 87.0 Å². The lowest BCUT2D eigenvalue weighted by atomic mass is 10.00. The fourth-order valence-electron chi connectivity index (χ4n) is 5.23. The molecule has 1 unspecified atom stereocenters. The highest BCUT2D eigenvalue weighted by Crippen LogP contribution is 2.22. The van der Waals surface area contributed by atoms with Crippen LogP contribution in [-0.4, -0.2) is 66.5 Å².